The van der Waals surface area contributed by atoms with Gasteiger partial charge in [-0.3, -0.25) is 0 Å². The summed E-state index contributed by atoms with van der Waals surface area (Å²) in [5.41, 5.74) is 3.00. The van der Waals surface area contributed by atoms with Crippen molar-refractivity contribution >= 4 is 15.9 Å². The minimum Gasteiger partial charge on any atom is -0.457 e. The summed E-state index contributed by atoms with van der Waals surface area (Å²) in [6, 6.07) is 11.7. The highest BCUT2D eigenvalue weighted by molar-refractivity contribution is 9.10. The van der Waals surface area contributed by atoms with Gasteiger partial charge in [0.25, 0.3) is 0 Å². The Morgan fingerprint density at radius 1 is 1.05 bits per heavy atom. The Hall–Kier alpha value is -1.32. The Kier molecular flexibility index (Phi) is 4.27. The smallest absolute Gasteiger partial charge is 0.134 e. The fourth-order valence-corrected chi connectivity index (χ4v) is 2.22. The van der Waals surface area contributed by atoms with Crippen molar-refractivity contribution in [2.45, 2.75) is 26.9 Å². The van der Waals surface area contributed by atoms with Gasteiger partial charge in [0.1, 0.15) is 11.5 Å². The average molecular weight is 321 g/mol. The van der Waals surface area contributed by atoms with Crippen LogP contribution in [0.1, 0.15) is 29.7 Å². The summed E-state index contributed by atoms with van der Waals surface area (Å²) in [4.78, 5) is 0. The fourth-order valence-electron chi connectivity index (χ4n) is 1.88. The largest absolute Gasteiger partial charge is 0.457 e. The minimum atomic E-state index is -0.562. The van der Waals surface area contributed by atoms with E-state index in [0.717, 1.165) is 26.9 Å². The lowest BCUT2D eigenvalue weighted by atomic mass is 10.1. The highest BCUT2D eigenvalue weighted by Crippen LogP contribution is 2.33. The molecule has 0 aliphatic rings. The van der Waals surface area contributed by atoms with E-state index in [0.29, 0.717) is 5.75 Å². The number of hydrogen-bond acceptors (Lipinski definition) is 2. The second-order valence-corrected chi connectivity index (χ2v) is 5.64. The molecule has 0 radical (unpaired) electrons. The third-order valence-corrected chi connectivity index (χ3v) is 3.48. The molecule has 0 spiro atoms. The summed E-state index contributed by atoms with van der Waals surface area (Å²) >= 11 is 3.43. The molecule has 0 amide bonds. The number of ether oxygens (including phenoxy) is 1. The van der Waals surface area contributed by atoms with Crippen LogP contribution in [-0.2, 0) is 0 Å². The maximum Gasteiger partial charge on any atom is 0.134 e. The first kappa shape index (κ1) is 14.1. The highest BCUT2D eigenvalue weighted by atomic mass is 79.9. The molecular weight excluding hydrogens is 304 g/mol. The molecule has 0 aliphatic carbocycles. The molecule has 2 aromatic carbocycles. The Labute approximate surface area is 122 Å². The molecule has 19 heavy (non-hydrogen) atoms. The molecule has 0 aliphatic heterocycles. The monoisotopic (exact) mass is 320 g/mol. The second-order valence-electron chi connectivity index (χ2n) is 4.73. The number of hydrogen-bond donors (Lipinski definition) is 1. The first-order valence-electron chi connectivity index (χ1n) is 6.20. The first-order valence-corrected chi connectivity index (χ1v) is 6.99. The summed E-state index contributed by atoms with van der Waals surface area (Å²) in [5.74, 6) is 1.50. The van der Waals surface area contributed by atoms with Crippen molar-refractivity contribution in [2.75, 3.05) is 0 Å². The Bertz CT molecular complexity index is 591. The molecule has 1 atom stereocenters. The molecule has 0 heterocycles. The fraction of sp³-hybridized carbons (Fsp3) is 0.250. The zero-order chi connectivity index (χ0) is 14.0. The van der Waals surface area contributed by atoms with Gasteiger partial charge in [-0.1, -0.05) is 34.1 Å². The van der Waals surface area contributed by atoms with Crippen LogP contribution in [0.15, 0.2) is 40.9 Å². The van der Waals surface area contributed by atoms with Crippen molar-refractivity contribution < 1.29 is 9.84 Å². The lowest BCUT2D eigenvalue weighted by Gasteiger charge is -2.15. The van der Waals surface area contributed by atoms with Gasteiger partial charge in [-0.25, -0.2) is 0 Å². The van der Waals surface area contributed by atoms with Crippen molar-refractivity contribution in [1.29, 1.82) is 0 Å². The van der Waals surface area contributed by atoms with Gasteiger partial charge in [-0.05, 0) is 50.1 Å². The van der Waals surface area contributed by atoms with E-state index in [4.69, 9.17) is 4.74 Å². The quantitative estimate of drug-likeness (QED) is 0.870. The van der Waals surface area contributed by atoms with Gasteiger partial charge in [-0.2, -0.15) is 0 Å². The van der Waals surface area contributed by atoms with Crippen LogP contribution in [0, 0.1) is 13.8 Å². The molecule has 0 bridgehead atoms. The maximum atomic E-state index is 9.80. The highest BCUT2D eigenvalue weighted by Gasteiger charge is 2.11. The zero-order valence-corrected chi connectivity index (χ0v) is 12.9. The predicted molar refractivity (Wildman–Crippen MR) is 80.8 cm³/mol. The van der Waals surface area contributed by atoms with Crippen LogP contribution in [0.25, 0.3) is 0 Å². The normalized spacial score (nSPS) is 12.3. The van der Waals surface area contributed by atoms with Crippen molar-refractivity contribution in [2.24, 2.45) is 0 Å². The van der Waals surface area contributed by atoms with E-state index in [2.05, 4.69) is 22.0 Å². The molecule has 100 valence electrons. The van der Waals surface area contributed by atoms with Gasteiger partial charge in [-0.15, -0.1) is 0 Å². The number of aryl methyl sites for hydroxylation is 2. The Morgan fingerprint density at radius 2 is 1.79 bits per heavy atom. The number of rotatable bonds is 3. The molecule has 1 N–H and O–H groups in total. The van der Waals surface area contributed by atoms with E-state index < -0.39 is 6.10 Å². The maximum absolute atomic E-state index is 9.80. The molecule has 1 unspecified atom stereocenters. The van der Waals surface area contributed by atoms with Crippen molar-refractivity contribution in [3.63, 3.8) is 0 Å². The van der Waals surface area contributed by atoms with E-state index in [1.807, 2.05) is 44.2 Å². The van der Waals surface area contributed by atoms with Crippen molar-refractivity contribution in [3.8, 4) is 11.5 Å². The predicted octanol–water partition coefficient (Wildman–Crippen LogP) is 4.91. The van der Waals surface area contributed by atoms with E-state index in [1.165, 1.54) is 0 Å². The van der Waals surface area contributed by atoms with Crippen LogP contribution in [0.3, 0.4) is 0 Å². The molecule has 0 fully saturated rings. The first-order chi connectivity index (χ1) is 8.97. The van der Waals surface area contributed by atoms with Gasteiger partial charge in [0, 0.05) is 10.0 Å². The second kappa shape index (κ2) is 5.76. The lowest BCUT2D eigenvalue weighted by Crippen LogP contribution is -1.97. The lowest BCUT2D eigenvalue weighted by molar-refractivity contribution is 0.195. The minimum absolute atomic E-state index is 0.562. The molecule has 0 saturated carbocycles. The van der Waals surface area contributed by atoms with E-state index >= 15 is 0 Å². The topological polar surface area (TPSA) is 29.5 Å². The molecule has 2 aromatic rings. The summed E-state index contributed by atoms with van der Waals surface area (Å²) in [6.07, 6.45) is -0.562. The number of halogens is 1. The Balaban J connectivity index is 2.42. The molecule has 3 heteroatoms. The third kappa shape index (κ3) is 3.37. The van der Waals surface area contributed by atoms with E-state index in [-0.39, 0.29) is 0 Å². The van der Waals surface area contributed by atoms with Crippen LogP contribution >= 0.6 is 15.9 Å². The van der Waals surface area contributed by atoms with Gasteiger partial charge in [0.05, 0.1) is 6.10 Å². The van der Waals surface area contributed by atoms with Crippen molar-refractivity contribution in [3.05, 3.63) is 57.6 Å². The molecule has 0 aromatic heterocycles. The van der Waals surface area contributed by atoms with E-state index in [1.54, 1.807) is 6.92 Å². The molecule has 0 saturated heterocycles. The number of aliphatic hydroxyl groups is 1. The SMILES string of the molecule is Cc1ccc(C)c(Oc2cc(Br)ccc2C(C)O)c1. The van der Waals surface area contributed by atoms with Gasteiger partial charge in [0.2, 0.25) is 0 Å². The van der Waals surface area contributed by atoms with Gasteiger partial charge >= 0.3 is 0 Å². The molecule has 2 rings (SSSR count). The summed E-state index contributed by atoms with van der Waals surface area (Å²) in [6.45, 7) is 5.77. The van der Waals surface area contributed by atoms with Crippen molar-refractivity contribution in [1.82, 2.24) is 0 Å². The van der Waals surface area contributed by atoms with Crippen LogP contribution in [0.5, 0.6) is 11.5 Å². The van der Waals surface area contributed by atoms with Crippen LogP contribution in [-0.4, -0.2) is 5.11 Å². The van der Waals surface area contributed by atoms with E-state index in [9.17, 15) is 5.11 Å². The standard InChI is InChI=1S/C16H17BrO2/c1-10-4-5-11(2)15(8-10)19-16-9-13(17)6-7-14(16)12(3)18/h4-9,12,18H,1-3H3. The number of aliphatic hydroxyl groups excluding tert-OH is 1. The average Bonchev–Trinajstić information content (AvgIpc) is 2.33. The molecular formula is C16H17BrO2. The van der Waals surface area contributed by atoms with Gasteiger partial charge < -0.3 is 9.84 Å². The van der Waals surface area contributed by atoms with Gasteiger partial charge in [0.15, 0.2) is 0 Å². The van der Waals surface area contributed by atoms with Crippen LogP contribution in [0.4, 0.5) is 0 Å². The van der Waals surface area contributed by atoms with Crippen LogP contribution in [0.2, 0.25) is 0 Å². The molecule has 2 nitrogen and oxygen atoms in total. The number of benzene rings is 2. The third-order valence-electron chi connectivity index (χ3n) is 2.99. The summed E-state index contributed by atoms with van der Waals surface area (Å²) < 4.78 is 6.90. The summed E-state index contributed by atoms with van der Waals surface area (Å²) in [7, 11) is 0. The van der Waals surface area contributed by atoms with Crippen LogP contribution < -0.4 is 4.74 Å². The Morgan fingerprint density at radius 3 is 2.47 bits per heavy atom. The zero-order valence-electron chi connectivity index (χ0n) is 11.3. The summed E-state index contributed by atoms with van der Waals surface area (Å²) in [5, 5.41) is 9.80.